The van der Waals surface area contributed by atoms with Gasteiger partial charge in [-0.2, -0.15) is 0 Å². The summed E-state index contributed by atoms with van der Waals surface area (Å²) in [6.45, 7) is 1.55. The Labute approximate surface area is 102 Å². The lowest BCUT2D eigenvalue weighted by Crippen LogP contribution is -2.08. The first kappa shape index (κ1) is 11.1. The summed E-state index contributed by atoms with van der Waals surface area (Å²) >= 11 is 0. The molecule has 0 amide bonds. The van der Waals surface area contributed by atoms with Gasteiger partial charge in [-0.25, -0.2) is 0 Å². The van der Waals surface area contributed by atoms with Crippen LogP contribution < -0.4 is 4.74 Å². The van der Waals surface area contributed by atoms with E-state index in [1.807, 2.05) is 24.3 Å². The second-order valence-electron chi connectivity index (χ2n) is 4.91. The van der Waals surface area contributed by atoms with Gasteiger partial charge < -0.3 is 14.2 Å². The molecule has 17 heavy (non-hydrogen) atoms. The summed E-state index contributed by atoms with van der Waals surface area (Å²) in [7, 11) is 1.68. The average Bonchev–Trinajstić information content (AvgIpc) is 2.98. The van der Waals surface area contributed by atoms with E-state index in [1.165, 1.54) is 18.4 Å². The Bertz CT molecular complexity index is 364. The van der Waals surface area contributed by atoms with Crippen molar-refractivity contribution < 1.29 is 14.2 Å². The van der Waals surface area contributed by atoms with Gasteiger partial charge in [0, 0.05) is 0 Å². The van der Waals surface area contributed by atoms with Crippen molar-refractivity contribution in [3.8, 4) is 5.75 Å². The maximum atomic E-state index is 5.75. The third kappa shape index (κ3) is 2.61. The number of methoxy groups -OCH3 is 1. The first-order chi connectivity index (χ1) is 8.35. The molecule has 0 aromatic heterocycles. The maximum Gasteiger partial charge on any atom is 0.118 e. The summed E-state index contributed by atoms with van der Waals surface area (Å²) in [6.07, 6.45) is 3.50. The average molecular weight is 234 g/mol. The standard InChI is InChI=1S/C14H18O3/c1-15-12-4-2-10(3-5-12)8-16-9-11-6-13-14(7-11)17-13/h2-5,11,13-14H,6-9H2,1H3. The van der Waals surface area contributed by atoms with Crippen LogP contribution in [-0.2, 0) is 16.1 Å². The number of hydrogen-bond acceptors (Lipinski definition) is 3. The number of benzene rings is 1. The first-order valence-electron chi connectivity index (χ1n) is 6.21. The number of rotatable bonds is 5. The van der Waals surface area contributed by atoms with Gasteiger partial charge in [0.1, 0.15) is 5.75 Å². The topological polar surface area (TPSA) is 31.0 Å². The SMILES string of the molecule is COc1ccc(COCC2CC3OC3C2)cc1. The summed E-state index contributed by atoms with van der Waals surface area (Å²) < 4.78 is 16.3. The van der Waals surface area contributed by atoms with Gasteiger partial charge in [-0.3, -0.25) is 0 Å². The lowest BCUT2D eigenvalue weighted by Gasteiger charge is -2.11. The Balaban J connectivity index is 1.41. The van der Waals surface area contributed by atoms with Crippen molar-refractivity contribution in [1.29, 1.82) is 0 Å². The Hall–Kier alpha value is -1.06. The van der Waals surface area contributed by atoms with Gasteiger partial charge in [0.05, 0.1) is 32.5 Å². The van der Waals surface area contributed by atoms with Crippen molar-refractivity contribution >= 4 is 0 Å². The van der Waals surface area contributed by atoms with Gasteiger partial charge >= 0.3 is 0 Å². The number of epoxide rings is 1. The minimum absolute atomic E-state index is 0.560. The van der Waals surface area contributed by atoms with Crippen molar-refractivity contribution in [1.82, 2.24) is 0 Å². The summed E-state index contributed by atoms with van der Waals surface area (Å²) in [5, 5.41) is 0. The monoisotopic (exact) mass is 234 g/mol. The van der Waals surface area contributed by atoms with Gasteiger partial charge in [0.2, 0.25) is 0 Å². The second-order valence-corrected chi connectivity index (χ2v) is 4.91. The first-order valence-corrected chi connectivity index (χ1v) is 6.21. The molecule has 1 aliphatic heterocycles. The van der Waals surface area contributed by atoms with Crippen LogP contribution in [0.5, 0.6) is 5.75 Å². The second kappa shape index (κ2) is 4.67. The van der Waals surface area contributed by atoms with Crippen LogP contribution in [0.2, 0.25) is 0 Å². The molecule has 2 aliphatic rings. The summed E-state index contributed by atoms with van der Waals surface area (Å²) in [4.78, 5) is 0. The van der Waals surface area contributed by atoms with Crippen LogP contribution in [0.3, 0.4) is 0 Å². The van der Waals surface area contributed by atoms with E-state index in [2.05, 4.69) is 0 Å². The van der Waals surface area contributed by atoms with E-state index < -0.39 is 0 Å². The molecule has 3 heteroatoms. The van der Waals surface area contributed by atoms with Gasteiger partial charge in [0.25, 0.3) is 0 Å². The Morgan fingerprint density at radius 2 is 1.88 bits per heavy atom. The van der Waals surface area contributed by atoms with E-state index in [0.29, 0.717) is 24.7 Å². The molecule has 3 rings (SSSR count). The maximum absolute atomic E-state index is 5.75. The van der Waals surface area contributed by atoms with Crippen molar-refractivity contribution in [3.05, 3.63) is 29.8 Å². The summed E-state index contributed by atoms with van der Waals surface area (Å²) in [5.41, 5.74) is 1.20. The Morgan fingerprint density at radius 3 is 2.53 bits per heavy atom. The third-order valence-electron chi connectivity index (χ3n) is 3.60. The van der Waals surface area contributed by atoms with Crippen LogP contribution in [-0.4, -0.2) is 25.9 Å². The van der Waals surface area contributed by atoms with Crippen LogP contribution in [0.15, 0.2) is 24.3 Å². The van der Waals surface area contributed by atoms with E-state index in [0.717, 1.165) is 12.4 Å². The van der Waals surface area contributed by atoms with Crippen LogP contribution in [0, 0.1) is 5.92 Å². The molecule has 0 spiro atoms. The molecule has 1 aromatic rings. The highest BCUT2D eigenvalue weighted by Crippen LogP contribution is 2.42. The highest BCUT2D eigenvalue weighted by atomic mass is 16.6. The quantitative estimate of drug-likeness (QED) is 0.733. The summed E-state index contributed by atoms with van der Waals surface area (Å²) in [6, 6.07) is 8.04. The molecular formula is C14H18O3. The molecule has 0 N–H and O–H groups in total. The molecule has 2 fully saturated rings. The van der Waals surface area contributed by atoms with Gasteiger partial charge in [-0.15, -0.1) is 0 Å². The molecule has 2 unspecified atom stereocenters. The van der Waals surface area contributed by atoms with Crippen molar-refractivity contribution in [2.24, 2.45) is 5.92 Å². The minimum Gasteiger partial charge on any atom is -0.497 e. The number of ether oxygens (including phenoxy) is 3. The highest BCUT2D eigenvalue weighted by Gasteiger charge is 2.47. The number of hydrogen-bond donors (Lipinski definition) is 0. The molecule has 0 bridgehead atoms. The smallest absolute Gasteiger partial charge is 0.118 e. The fraction of sp³-hybridized carbons (Fsp3) is 0.571. The van der Waals surface area contributed by atoms with E-state index in [4.69, 9.17) is 14.2 Å². The fourth-order valence-corrected chi connectivity index (χ4v) is 2.55. The molecule has 1 saturated heterocycles. The van der Waals surface area contributed by atoms with E-state index in [1.54, 1.807) is 7.11 Å². The van der Waals surface area contributed by atoms with E-state index in [-0.39, 0.29) is 0 Å². The predicted molar refractivity (Wildman–Crippen MR) is 64.0 cm³/mol. The predicted octanol–water partition coefficient (Wildman–Crippen LogP) is 2.39. The largest absolute Gasteiger partial charge is 0.497 e. The van der Waals surface area contributed by atoms with Gasteiger partial charge in [0.15, 0.2) is 0 Å². The highest BCUT2D eigenvalue weighted by molar-refractivity contribution is 5.26. The minimum atomic E-state index is 0.560. The lowest BCUT2D eigenvalue weighted by molar-refractivity contribution is 0.0754. The van der Waals surface area contributed by atoms with Gasteiger partial charge in [-0.05, 0) is 36.5 Å². The Kier molecular flexibility index (Phi) is 3.04. The molecule has 1 aromatic carbocycles. The summed E-state index contributed by atoms with van der Waals surface area (Å²) in [5.74, 6) is 1.60. The molecule has 1 saturated carbocycles. The Morgan fingerprint density at radius 1 is 1.18 bits per heavy atom. The van der Waals surface area contributed by atoms with Gasteiger partial charge in [-0.1, -0.05) is 12.1 Å². The molecule has 2 atom stereocenters. The molecule has 0 radical (unpaired) electrons. The molecular weight excluding hydrogens is 216 g/mol. The zero-order valence-corrected chi connectivity index (χ0v) is 10.1. The third-order valence-corrected chi connectivity index (χ3v) is 3.60. The van der Waals surface area contributed by atoms with Crippen molar-refractivity contribution in [2.45, 2.75) is 31.7 Å². The zero-order valence-electron chi connectivity index (χ0n) is 10.1. The normalized spacial score (nSPS) is 30.1. The number of fused-ring (bicyclic) bond motifs is 1. The van der Waals surface area contributed by atoms with Crippen LogP contribution in [0.25, 0.3) is 0 Å². The molecule has 1 heterocycles. The van der Waals surface area contributed by atoms with Crippen LogP contribution >= 0.6 is 0 Å². The lowest BCUT2D eigenvalue weighted by atomic mass is 10.1. The van der Waals surface area contributed by atoms with Crippen LogP contribution in [0.1, 0.15) is 18.4 Å². The zero-order chi connectivity index (χ0) is 11.7. The van der Waals surface area contributed by atoms with E-state index in [9.17, 15) is 0 Å². The molecule has 3 nitrogen and oxygen atoms in total. The van der Waals surface area contributed by atoms with E-state index >= 15 is 0 Å². The fourth-order valence-electron chi connectivity index (χ4n) is 2.55. The molecule has 1 aliphatic carbocycles. The van der Waals surface area contributed by atoms with Crippen molar-refractivity contribution in [2.75, 3.05) is 13.7 Å². The van der Waals surface area contributed by atoms with Crippen LogP contribution in [0.4, 0.5) is 0 Å². The van der Waals surface area contributed by atoms with Crippen molar-refractivity contribution in [3.63, 3.8) is 0 Å². The molecule has 92 valence electrons.